The maximum Gasteiger partial charge on any atom is 0.228 e. The van der Waals surface area contributed by atoms with Gasteiger partial charge < -0.3 is 14.7 Å². The fraction of sp³-hybridized carbons (Fsp3) is 0.400. The third-order valence-electron chi connectivity index (χ3n) is 4.44. The predicted molar refractivity (Wildman–Crippen MR) is 74.3 cm³/mol. The summed E-state index contributed by atoms with van der Waals surface area (Å²) in [5, 5.41) is 7.72. The van der Waals surface area contributed by atoms with Crippen LogP contribution in [-0.4, -0.2) is 41.5 Å². The fourth-order valence-electron chi connectivity index (χ4n) is 3.26. The molecular weight excluding hydrogens is 270 g/mol. The Morgan fingerprint density at radius 2 is 2.24 bits per heavy atom. The number of likely N-dealkylation sites (tertiary alicyclic amines) is 1. The van der Waals surface area contributed by atoms with Crippen LogP contribution >= 0.6 is 0 Å². The molecule has 3 heterocycles. The average Bonchev–Trinajstić information content (AvgIpc) is 3.16. The summed E-state index contributed by atoms with van der Waals surface area (Å²) in [4.78, 5) is 25.8. The van der Waals surface area contributed by atoms with Gasteiger partial charge in [-0.15, -0.1) is 0 Å². The molecule has 1 N–H and O–H groups in total. The fourth-order valence-corrected chi connectivity index (χ4v) is 3.26. The van der Waals surface area contributed by atoms with E-state index in [0.29, 0.717) is 30.9 Å². The summed E-state index contributed by atoms with van der Waals surface area (Å²) >= 11 is 0. The average molecular weight is 285 g/mol. The van der Waals surface area contributed by atoms with Gasteiger partial charge in [0.1, 0.15) is 5.69 Å². The number of benzene rings is 1. The van der Waals surface area contributed by atoms with Crippen molar-refractivity contribution >= 4 is 22.8 Å². The maximum absolute atomic E-state index is 12.4. The van der Waals surface area contributed by atoms with E-state index in [4.69, 9.17) is 4.52 Å². The number of nitrogens with one attached hydrogen (secondary N) is 1. The zero-order chi connectivity index (χ0) is 14.4. The van der Waals surface area contributed by atoms with Crippen molar-refractivity contribution in [2.75, 3.05) is 19.6 Å². The van der Waals surface area contributed by atoms with Crippen LogP contribution in [0.2, 0.25) is 0 Å². The van der Waals surface area contributed by atoms with Gasteiger partial charge in [0.15, 0.2) is 5.58 Å². The zero-order valence-electron chi connectivity index (χ0n) is 11.4. The van der Waals surface area contributed by atoms with Gasteiger partial charge in [0, 0.05) is 30.9 Å². The van der Waals surface area contributed by atoms with E-state index in [2.05, 4.69) is 10.5 Å². The highest BCUT2D eigenvalue weighted by Gasteiger charge is 2.43. The van der Waals surface area contributed by atoms with Crippen LogP contribution in [0, 0.1) is 11.8 Å². The molecule has 0 spiro atoms. The minimum absolute atomic E-state index is 0.0104. The Labute approximate surface area is 121 Å². The Balaban J connectivity index is 1.50. The number of carbonyl (C=O) groups excluding carboxylic acids is 2. The molecule has 0 radical (unpaired) electrons. The first-order valence-electron chi connectivity index (χ1n) is 7.11. The van der Waals surface area contributed by atoms with Crippen molar-refractivity contribution in [2.24, 2.45) is 11.8 Å². The Hall–Kier alpha value is -2.37. The molecule has 2 aliphatic rings. The minimum atomic E-state index is -0.0389. The molecule has 108 valence electrons. The molecule has 2 aromatic rings. The standard InChI is InChI=1S/C15H15N3O3/c19-14(18-7-9-6-16-15(20)11(9)8-18)5-12-10-3-1-2-4-13(10)21-17-12/h1-4,9,11H,5-8H2,(H,16,20)/t9-,11+/m1/s1. The minimum Gasteiger partial charge on any atom is -0.356 e. The van der Waals surface area contributed by atoms with E-state index in [1.165, 1.54) is 0 Å². The summed E-state index contributed by atoms with van der Waals surface area (Å²) in [6.07, 6.45) is 0.220. The van der Waals surface area contributed by atoms with Crippen LogP contribution in [0.15, 0.2) is 28.8 Å². The lowest BCUT2D eigenvalue weighted by atomic mass is 10.0. The molecule has 2 atom stereocenters. The molecule has 6 heteroatoms. The molecule has 0 bridgehead atoms. The molecule has 4 rings (SSSR count). The van der Waals surface area contributed by atoms with Gasteiger partial charge >= 0.3 is 0 Å². The molecule has 2 amide bonds. The summed E-state index contributed by atoms with van der Waals surface area (Å²) in [6.45, 7) is 1.85. The van der Waals surface area contributed by atoms with E-state index in [1.807, 2.05) is 24.3 Å². The Bertz CT molecular complexity index is 724. The molecule has 2 saturated heterocycles. The monoisotopic (exact) mass is 285 g/mol. The van der Waals surface area contributed by atoms with Crippen molar-refractivity contribution in [3.05, 3.63) is 30.0 Å². The van der Waals surface area contributed by atoms with Crippen molar-refractivity contribution in [3.63, 3.8) is 0 Å². The molecule has 2 aliphatic heterocycles. The third-order valence-corrected chi connectivity index (χ3v) is 4.44. The highest BCUT2D eigenvalue weighted by molar-refractivity contribution is 5.88. The number of carbonyl (C=O) groups is 2. The number of para-hydroxylation sites is 1. The number of hydrogen-bond acceptors (Lipinski definition) is 4. The number of aromatic nitrogens is 1. The van der Waals surface area contributed by atoms with Crippen molar-refractivity contribution < 1.29 is 14.1 Å². The Morgan fingerprint density at radius 3 is 3.10 bits per heavy atom. The number of fused-ring (bicyclic) bond motifs is 2. The zero-order valence-corrected chi connectivity index (χ0v) is 11.4. The summed E-state index contributed by atoms with van der Waals surface area (Å²) in [7, 11) is 0. The van der Waals surface area contributed by atoms with Crippen LogP contribution in [0.3, 0.4) is 0 Å². The van der Waals surface area contributed by atoms with E-state index in [0.717, 1.165) is 5.39 Å². The van der Waals surface area contributed by atoms with Gasteiger partial charge in [0.25, 0.3) is 0 Å². The molecule has 0 saturated carbocycles. The lowest BCUT2D eigenvalue weighted by Crippen LogP contribution is -2.34. The Morgan fingerprint density at radius 1 is 1.38 bits per heavy atom. The Kier molecular flexibility index (Phi) is 2.70. The number of nitrogens with zero attached hydrogens (tertiary/aromatic N) is 2. The highest BCUT2D eigenvalue weighted by Crippen LogP contribution is 2.28. The normalized spacial score (nSPS) is 24.4. The first kappa shape index (κ1) is 12.4. The van der Waals surface area contributed by atoms with E-state index in [9.17, 15) is 9.59 Å². The number of amides is 2. The quantitative estimate of drug-likeness (QED) is 0.875. The molecule has 2 fully saturated rings. The van der Waals surface area contributed by atoms with Crippen LogP contribution in [0.25, 0.3) is 11.0 Å². The van der Waals surface area contributed by atoms with E-state index in [-0.39, 0.29) is 30.1 Å². The van der Waals surface area contributed by atoms with Crippen LogP contribution in [-0.2, 0) is 16.0 Å². The molecule has 1 aromatic heterocycles. The van der Waals surface area contributed by atoms with Gasteiger partial charge in [-0.25, -0.2) is 0 Å². The molecule has 0 aliphatic carbocycles. The van der Waals surface area contributed by atoms with E-state index < -0.39 is 0 Å². The SMILES string of the molecule is O=C1NC[C@@H]2CN(C(=O)Cc3noc4ccccc34)C[C@H]12. The molecule has 0 unspecified atom stereocenters. The highest BCUT2D eigenvalue weighted by atomic mass is 16.5. The first-order valence-corrected chi connectivity index (χ1v) is 7.11. The van der Waals surface area contributed by atoms with Crippen molar-refractivity contribution in [3.8, 4) is 0 Å². The van der Waals surface area contributed by atoms with Crippen LogP contribution in [0.5, 0.6) is 0 Å². The topological polar surface area (TPSA) is 75.4 Å². The largest absolute Gasteiger partial charge is 0.356 e. The first-order chi connectivity index (χ1) is 10.2. The summed E-state index contributed by atoms with van der Waals surface area (Å²) in [5.74, 6) is 0.303. The summed E-state index contributed by atoms with van der Waals surface area (Å²) in [5.41, 5.74) is 1.36. The summed E-state index contributed by atoms with van der Waals surface area (Å²) < 4.78 is 5.22. The molecule has 6 nitrogen and oxygen atoms in total. The molecule has 1 aromatic carbocycles. The predicted octanol–water partition coefficient (Wildman–Crippen LogP) is 0.575. The lowest BCUT2D eigenvalue weighted by molar-refractivity contribution is -0.130. The van der Waals surface area contributed by atoms with Crippen LogP contribution in [0.1, 0.15) is 5.69 Å². The van der Waals surface area contributed by atoms with Crippen LogP contribution < -0.4 is 5.32 Å². The van der Waals surface area contributed by atoms with Crippen molar-refractivity contribution in [2.45, 2.75) is 6.42 Å². The van der Waals surface area contributed by atoms with Gasteiger partial charge in [-0.2, -0.15) is 0 Å². The van der Waals surface area contributed by atoms with Gasteiger partial charge in [-0.3, -0.25) is 9.59 Å². The maximum atomic E-state index is 12.4. The van der Waals surface area contributed by atoms with E-state index in [1.54, 1.807) is 4.90 Å². The summed E-state index contributed by atoms with van der Waals surface area (Å²) in [6, 6.07) is 7.51. The second kappa shape index (κ2) is 4.58. The van der Waals surface area contributed by atoms with Gasteiger partial charge in [0.05, 0.1) is 12.3 Å². The number of rotatable bonds is 2. The third kappa shape index (κ3) is 1.98. The van der Waals surface area contributed by atoms with E-state index >= 15 is 0 Å². The second-order valence-corrected chi connectivity index (χ2v) is 5.71. The van der Waals surface area contributed by atoms with Gasteiger partial charge in [-0.1, -0.05) is 17.3 Å². The van der Waals surface area contributed by atoms with Gasteiger partial charge in [0.2, 0.25) is 11.8 Å². The molecule has 21 heavy (non-hydrogen) atoms. The van der Waals surface area contributed by atoms with Crippen molar-refractivity contribution in [1.82, 2.24) is 15.4 Å². The lowest BCUT2D eigenvalue weighted by Gasteiger charge is -2.16. The van der Waals surface area contributed by atoms with Gasteiger partial charge in [-0.05, 0) is 12.1 Å². The second-order valence-electron chi connectivity index (χ2n) is 5.71. The van der Waals surface area contributed by atoms with Crippen LogP contribution in [0.4, 0.5) is 0 Å². The number of hydrogen-bond donors (Lipinski definition) is 1. The molecular formula is C15H15N3O3. The van der Waals surface area contributed by atoms with Crippen molar-refractivity contribution in [1.29, 1.82) is 0 Å². The smallest absolute Gasteiger partial charge is 0.228 e.